The molecule has 10 aromatic rings. The third-order valence-corrected chi connectivity index (χ3v) is 16.9. The quantitative estimate of drug-likeness (QED) is 0.0946. The first-order valence-electron chi connectivity index (χ1n) is 29.3. The molecule has 2 aliphatic heterocycles. The summed E-state index contributed by atoms with van der Waals surface area (Å²) in [5.74, 6) is 5.75. The maximum atomic E-state index is 7.04. The first-order chi connectivity index (χ1) is 38.3. The monoisotopic (exact) mass is 1080 g/mol. The largest absolute Gasteiger partial charge is 0.458 e. The Bertz CT molecular complexity index is 4090. The van der Waals surface area contributed by atoms with Crippen molar-refractivity contribution in [3.05, 3.63) is 192 Å². The molecule has 0 fully saturated rings. The summed E-state index contributed by atoms with van der Waals surface area (Å²) in [6.07, 6.45) is 9.79. The molecule has 0 saturated carbocycles. The van der Waals surface area contributed by atoms with Crippen LogP contribution >= 0.6 is 0 Å². The van der Waals surface area contributed by atoms with Gasteiger partial charge in [-0.25, -0.2) is 4.98 Å². The molecule has 0 amide bonds. The summed E-state index contributed by atoms with van der Waals surface area (Å²) < 4.78 is 27.6. The van der Waals surface area contributed by atoms with Gasteiger partial charge in [0.15, 0.2) is 0 Å². The Balaban J connectivity index is 0.972. The van der Waals surface area contributed by atoms with Crippen molar-refractivity contribution >= 4 is 44.9 Å². The molecule has 0 aliphatic carbocycles. The van der Waals surface area contributed by atoms with E-state index in [0.717, 1.165) is 107 Å². The molecule has 0 spiro atoms. The number of ether oxygens (including phenoxy) is 3. The number of fused-ring (bicyclic) bond motifs is 7. The zero-order valence-corrected chi connectivity index (χ0v) is 51.5. The minimum Gasteiger partial charge on any atom is -0.458 e. The molecule has 416 valence electrons. The first-order valence-corrected chi connectivity index (χ1v) is 29.3. The van der Waals surface area contributed by atoms with E-state index in [0.29, 0.717) is 0 Å². The summed E-state index contributed by atoms with van der Waals surface area (Å²) in [7, 11) is 0. The Labute approximate surface area is 487 Å². The fraction of sp³-hybridized carbons (Fsp3) is 0.324. The van der Waals surface area contributed by atoms with Crippen molar-refractivity contribution in [2.24, 2.45) is 0 Å². The summed E-state index contributed by atoms with van der Waals surface area (Å²) in [6, 6.07) is 49.1. The Hall–Kier alpha value is -7.84. The Kier molecular flexibility index (Phi) is 12.6. The summed E-state index contributed by atoms with van der Waals surface area (Å²) >= 11 is 0. The zero-order chi connectivity index (χ0) is 58.4. The zero-order valence-electron chi connectivity index (χ0n) is 51.5. The molecule has 7 aromatic carbocycles. The molecule has 3 aromatic heterocycles. The van der Waals surface area contributed by atoms with E-state index in [2.05, 4.69) is 291 Å². The van der Waals surface area contributed by atoms with Crippen LogP contribution in [0.15, 0.2) is 152 Å². The van der Waals surface area contributed by atoms with Crippen LogP contribution in [0, 0.1) is 6.33 Å². The highest BCUT2D eigenvalue weighted by atomic mass is 16.5. The maximum absolute atomic E-state index is 7.04. The van der Waals surface area contributed by atoms with Crippen LogP contribution in [0.2, 0.25) is 0 Å². The van der Waals surface area contributed by atoms with Gasteiger partial charge in [0.1, 0.15) is 40.3 Å². The summed E-state index contributed by atoms with van der Waals surface area (Å²) in [6.45, 7) is 40.7. The lowest BCUT2D eigenvalue weighted by Crippen LogP contribution is -2.57. The molecule has 0 saturated heterocycles. The van der Waals surface area contributed by atoms with Crippen LogP contribution in [0.3, 0.4) is 0 Å². The van der Waals surface area contributed by atoms with Crippen LogP contribution < -0.4 is 35.2 Å². The summed E-state index contributed by atoms with van der Waals surface area (Å²) in [5, 5.41) is 2.19. The normalized spacial score (nSPS) is 13.7. The number of benzene rings is 7. The van der Waals surface area contributed by atoms with E-state index in [1.165, 1.54) is 27.8 Å². The Morgan fingerprint density at radius 1 is 0.451 bits per heavy atom. The van der Waals surface area contributed by atoms with Gasteiger partial charge in [-0.3, -0.25) is 13.7 Å². The molecule has 0 bridgehead atoms. The number of hydrogen-bond acceptors (Lipinski definition) is 4. The van der Waals surface area contributed by atoms with E-state index in [1.807, 2.05) is 6.20 Å². The summed E-state index contributed by atoms with van der Waals surface area (Å²) in [5.41, 5.74) is 16.6. The average molecular weight is 1080 g/mol. The second-order valence-electron chi connectivity index (χ2n) is 29.4. The molecule has 0 atom stereocenters. The van der Waals surface area contributed by atoms with E-state index in [-0.39, 0.29) is 39.2 Å². The van der Waals surface area contributed by atoms with Gasteiger partial charge < -0.3 is 14.2 Å². The smallest absolute Gasteiger partial charge is 0.268 e. The van der Waals surface area contributed by atoms with E-state index in [1.54, 1.807) is 0 Å². The second-order valence-corrected chi connectivity index (χ2v) is 29.4. The van der Waals surface area contributed by atoms with Crippen LogP contribution in [0.25, 0.3) is 50.1 Å². The van der Waals surface area contributed by atoms with Crippen LogP contribution in [-0.4, -0.2) is 20.8 Å². The molecule has 8 heteroatoms. The predicted octanol–water partition coefficient (Wildman–Crippen LogP) is 17.0. The van der Waals surface area contributed by atoms with Crippen molar-refractivity contribution in [3.63, 3.8) is 0 Å². The lowest BCUT2D eigenvalue weighted by Gasteiger charge is -2.35. The third-order valence-electron chi connectivity index (χ3n) is 16.9. The highest BCUT2D eigenvalue weighted by Crippen LogP contribution is 2.44. The van der Waals surface area contributed by atoms with Gasteiger partial charge in [0, 0.05) is 40.9 Å². The Morgan fingerprint density at radius 3 is 1.59 bits per heavy atom. The first kappa shape index (κ1) is 54.7. The van der Waals surface area contributed by atoms with Crippen LogP contribution in [0.5, 0.6) is 34.5 Å². The lowest BCUT2D eigenvalue weighted by atomic mass is 9.34. The third kappa shape index (κ3) is 10.0. The fourth-order valence-electron chi connectivity index (χ4n) is 11.7. The molecular weight excluding hydrogens is 1000 g/mol. The van der Waals surface area contributed by atoms with Gasteiger partial charge in [0.2, 0.25) is 0 Å². The van der Waals surface area contributed by atoms with Gasteiger partial charge >= 0.3 is 0 Å². The lowest BCUT2D eigenvalue weighted by molar-refractivity contribution is -0.599. The van der Waals surface area contributed by atoms with Crippen molar-refractivity contribution in [2.75, 3.05) is 0 Å². The van der Waals surface area contributed by atoms with Crippen LogP contribution in [0.4, 0.5) is 0 Å². The number of hydrogen-bond donors (Lipinski definition) is 0. The van der Waals surface area contributed by atoms with Gasteiger partial charge in [0.25, 0.3) is 13.0 Å². The van der Waals surface area contributed by atoms with Crippen molar-refractivity contribution < 1.29 is 18.8 Å². The number of pyridine rings is 1. The Morgan fingerprint density at radius 2 is 1.01 bits per heavy atom. The summed E-state index contributed by atoms with van der Waals surface area (Å²) in [4.78, 5) is 5.08. The molecule has 2 aliphatic rings. The highest BCUT2D eigenvalue weighted by Gasteiger charge is 2.41. The van der Waals surface area contributed by atoms with E-state index in [9.17, 15) is 0 Å². The second kappa shape index (κ2) is 18.9. The van der Waals surface area contributed by atoms with Gasteiger partial charge in [-0.15, -0.1) is 0 Å². The van der Waals surface area contributed by atoms with Crippen molar-refractivity contribution in [1.82, 2.24) is 14.1 Å². The van der Waals surface area contributed by atoms with Gasteiger partial charge in [-0.05, 0) is 179 Å². The number of aromatic nitrogens is 4. The topological polar surface area (TPSA) is 54.3 Å². The number of nitrogens with zero attached hydrogens (tertiary/aromatic N) is 4. The molecule has 0 N–H and O–H groups in total. The van der Waals surface area contributed by atoms with Gasteiger partial charge in [-0.1, -0.05) is 161 Å². The molecule has 0 radical (unpaired) electrons. The molecule has 5 heterocycles. The van der Waals surface area contributed by atoms with Gasteiger partial charge in [0.05, 0.1) is 22.4 Å². The minimum atomic E-state index is -0.159. The molecule has 12 rings (SSSR count). The van der Waals surface area contributed by atoms with Crippen molar-refractivity contribution in [3.8, 4) is 62.8 Å². The number of rotatable bonds is 6. The standard InChI is InChI=1S/C74H79BN4O3/c1-69(2,3)47-20-24-59-63(39-47)81-65-32-46(33-66-68(65)75(59)60-25-21-48(70(4,5)6)40-64(60)82-66)45-19-26-61-58(31-45)57-23-22-55(43-62(57)79(61)67-41-49(27-28-76-67)71(7,8)9)80-56-38-52(74(16,17)18)37-54(42-56)78-30-29-77(44-78)53-35-50(72(10,11)12)34-51(36-53)73(13,14)15/h19-43H,1-18H3. The SMILES string of the molecule is CC(C)(C)c1cc(Oc2ccc3c4cc(-c5cc6c7c(c5)Oc5cc(C(C)(C)C)ccc5B7c5ccc(C(C)(C)C)cc5O6)ccc4n(-c4cc(C(C)(C)C)ccn4)c3c2)cc(-n2[c-][n+](-c3cc(C(C)(C)C)cc(C(C)(C)C)c3)cc2)c1. The molecule has 82 heavy (non-hydrogen) atoms. The van der Waals surface area contributed by atoms with Crippen LogP contribution in [0.1, 0.15) is 158 Å². The van der Waals surface area contributed by atoms with Crippen molar-refractivity contribution in [2.45, 2.75) is 157 Å². The van der Waals surface area contributed by atoms with E-state index < -0.39 is 0 Å². The average Bonchev–Trinajstić information content (AvgIpc) is 2.52. The minimum absolute atomic E-state index is 0.00926. The molecule has 7 nitrogen and oxygen atoms in total. The van der Waals surface area contributed by atoms with E-state index in [4.69, 9.17) is 19.2 Å². The van der Waals surface area contributed by atoms with Gasteiger partial charge in [-0.2, -0.15) is 0 Å². The molecular formula is C74H79BN4O3. The molecule has 0 unspecified atom stereocenters. The van der Waals surface area contributed by atoms with Crippen LogP contribution in [-0.2, 0) is 32.5 Å². The highest BCUT2D eigenvalue weighted by molar-refractivity contribution is 6.98. The van der Waals surface area contributed by atoms with E-state index >= 15 is 0 Å². The predicted molar refractivity (Wildman–Crippen MR) is 340 cm³/mol. The number of imidazole rings is 1. The maximum Gasteiger partial charge on any atom is 0.268 e. The fourth-order valence-corrected chi connectivity index (χ4v) is 11.7. The van der Waals surface area contributed by atoms with Crippen molar-refractivity contribution in [1.29, 1.82) is 0 Å².